The first-order valence-corrected chi connectivity index (χ1v) is 11.4. The number of amides is 2. The van der Waals surface area contributed by atoms with E-state index in [-0.39, 0.29) is 11.6 Å². The maximum absolute atomic E-state index is 12.9. The summed E-state index contributed by atoms with van der Waals surface area (Å²) >= 11 is 0. The van der Waals surface area contributed by atoms with Crippen LogP contribution in [0.5, 0.6) is 0 Å². The number of rotatable bonds is 7. The molecule has 2 amide bonds. The minimum atomic E-state index is -0.221. The van der Waals surface area contributed by atoms with Crippen LogP contribution in [0.25, 0.3) is 11.3 Å². The van der Waals surface area contributed by atoms with Gasteiger partial charge in [-0.2, -0.15) is 0 Å². The Kier molecular flexibility index (Phi) is 6.51. The molecular weight excluding hydrogens is 416 g/mol. The van der Waals surface area contributed by atoms with E-state index in [1.165, 1.54) is 11.1 Å². The molecule has 33 heavy (non-hydrogen) atoms. The molecule has 174 valence electrons. The molecule has 0 unspecified atom stereocenters. The van der Waals surface area contributed by atoms with Crippen LogP contribution in [0, 0.1) is 6.92 Å². The average molecular weight is 449 g/mol. The normalized spacial score (nSPS) is 14.4. The van der Waals surface area contributed by atoms with E-state index in [0.29, 0.717) is 50.2 Å². The molecule has 0 spiro atoms. The van der Waals surface area contributed by atoms with Gasteiger partial charge in [-0.1, -0.05) is 18.2 Å². The van der Waals surface area contributed by atoms with Gasteiger partial charge in [0.1, 0.15) is 5.82 Å². The topological polar surface area (TPSA) is 71.7 Å². The van der Waals surface area contributed by atoms with Crippen molar-refractivity contribution in [3.63, 3.8) is 0 Å². The Hall–Kier alpha value is -3.19. The summed E-state index contributed by atoms with van der Waals surface area (Å²) in [6.07, 6.45) is 4.05. The number of urea groups is 1. The second kappa shape index (κ2) is 9.35. The zero-order chi connectivity index (χ0) is 23.6. The summed E-state index contributed by atoms with van der Waals surface area (Å²) in [6, 6.07) is 10.1. The van der Waals surface area contributed by atoms with Gasteiger partial charge in [0.05, 0.1) is 12.8 Å². The van der Waals surface area contributed by atoms with Crippen LogP contribution in [0.15, 0.2) is 47.1 Å². The van der Waals surface area contributed by atoms with Gasteiger partial charge in [0.25, 0.3) is 0 Å². The number of oxazole rings is 1. The molecule has 7 nitrogen and oxygen atoms in total. The molecule has 3 heterocycles. The molecule has 1 fully saturated rings. The van der Waals surface area contributed by atoms with Gasteiger partial charge in [-0.25, -0.2) is 14.8 Å². The number of hydrogen-bond acceptors (Lipinski definition) is 5. The molecule has 4 rings (SSSR count). The molecule has 3 aromatic rings. The van der Waals surface area contributed by atoms with Crippen molar-refractivity contribution in [2.75, 3.05) is 24.6 Å². The lowest BCUT2D eigenvalue weighted by Gasteiger charge is -2.31. The average Bonchev–Trinajstić information content (AvgIpc) is 3.41. The number of aromatic nitrogens is 2. The van der Waals surface area contributed by atoms with Crippen molar-refractivity contribution in [2.24, 2.45) is 0 Å². The molecule has 0 atom stereocenters. The van der Waals surface area contributed by atoms with Crippen molar-refractivity contribution in [3.05, 3.63) is 65.3 Å². The van der Waals surface area contributed by atoms with Crippen LogP contribution in [-0.2, 0) is 17.8 Å². The van der Waals surface area contributed by atoms with Gasteiger partial charge in [-0.3, -0.25) is 4.90 Å². The highest BCUT2D eigenvalue weighted by Gasteiger charge is 2.37. The molecule has 2 aromatic heterocycles. The molecule has 0 saturated carbocycles. The third-order valence-corrected chi connectivity index (χ3v) is 5.91. The van der Waals surface area contributed by atoms with Crippen LogP contribution in [-0.4, -0.2) is 46.1 Å². The fourth-order valence-corrected chi connectivity index (χ4v) is 4.00. The maximum Gasteiger partial charge on any atom is 0.326 e. The predicted molar refractivity (Wildman–Crippen MR) is 128 cm³/mol. The Labute approximate surface area is 195 Å². The molecule has 1 aliphatic heterocycles. The van der Waals surface area contributed by atoms with Crippen molar-refractivity contribution < 1.29 is 13.9 Å². The van der Waals surface area contributed by atoms with Gasteiger partial charge in [0.2, 0.25) is 0 Å². The van der Waals surface area contributed by atoms with Crippen molar-refractivity contribution in [2.45, 2.75) is 53.2 Å². The third-order valence-electron chi connectivity index (χ3n) is 5.91. The Morgan fingerprint density at radius 2 is 1.94 bits per heavy atom. The lowest BCUT2D eigenvalue weighted by molar-refractivity contribution is 0.134. The zero-order valence-electron chi connectivity index (χ0n) is 20.1. The largest absolute Gasteiger partial charge is 0.440 e. The number of hydrogen-bond donors (Lipinski definition) is 0. The molecular formula is C26H32N4O3. The van der Waals surface area contributed by atoms with E-state index in [4.69, 9.17) is 9.15 Å². The third kappa shape index (κ3) is 5.09. The van der Waals surface area contributed by atoms with Crippen LogP contribution in [0.2, 0.25) is 0 Å². The van der Waals surface area contributed by atoms with Gasteiger partial charge in [-0.15, -0.1) is 0 Å². The second-order valence-corrected chi connectivity index (χ2v) is 9.35. The summed E-state index contributed by atoms with van der Waals surface area (Å²) in [4.78, 5) is 25.4. The van der Waals surface area contributed by atoms with Crippen LogP contribution < -0.4 is 4.90 Å². The summed E-state index contributed by atoms with van der Waals surface area (Å²) in [5, 5.41) is 0. The number of ether oxygens (including phenoxy) is 1. The Morgan fingerprint density at radius 1 is 1.12 bits per heavy atom. The van der Waals surface area contributed by atoms with Crippen molar-refractivity contribution in [3.8, 4) is 11.3 Å². The van der Waals surface area contributed by atoms with Gasteiger partial charge < -0.3 is 14.1 Å². The highest BCUT2D eigenvalue weighted by atomic mass is 16.5. The number of carbonyl (C=O) groups is 1. The number of aryl methyl sites for hydroxylation is 1. The highest BCUT2D eigenvalue weighted by Crippen LogP contribution is 2.29. The Balaban J connectivity index is 1.51. The Bertz CT molecular complexity index is 1130. The monoisotopic (exact) mass is 448 g/mol. The summed E-state index contributed by atoms with van der Waals surface area (Å²) < 4.78 is 11.6. The van der Waals surface area contributed by atoms with Gasteiger partial charge in [-0.05, 0) is 63.4 Å². The van der Waals surface area contributed by atoms with Crippen molar-refractivity contribution in [1.82, 2.24) is 14.9 Å². The summed E-state index contributed by atoms with van der Waals surface area (Å²) in [5.41, 5.74) is 4.13. The summed E-state index contributed by atoms with van der Waals surface area (Å²) in [6.45, 7) is 12.8. The molecule has 1 aromatic carbocycles. The smallest absolute Gasteiger partial charge is 0.326 e. The fourth-order valence-electron chi connectivity index (χ4n) is 4.00. The van der Waals surface area contributed by atoms with E-state index in [9.17, 15) is 4.79 Å². The minimum absolute atomic E-state index is 0.0205. The first-order valence-electron chi connectivity index (χ1n) is 11.4. The van der Waals surface area contributed by atoms with E-state index in [1.54, 1.807) is 17.3 Å². The summed E-state index contributed by atoms with van der Waals surface area (Å²) in [7, 11) is 0. The molecule has 0 N–H and O–H groups in total. The number of carbonyl (C=O) groups excluding carboxylic acids is 1. The maximum atomic E-state index is 12.9. The van der Waals surface area contributed by atoms with E-state index in [0.717, 1.165) is 11.1 Å². The predicted octanol–water partition coefficient (Wildman–Crippen LogP) is 5.21. The van der Waals surface area contributed by atoms with Gasteiger partial charge in [0.15, 0.2) is 11.7 Å². The highest BCUT2D eigenvalue weighted by molar-refractivity contribution is 5.94. The lowest BCUT2D eigenvalue weighted by Crippen LogP contribution is -2.44. The standard InChI is InChI=1S/C26H32N4O3/c1-6-32-17-19-8-7-18(2)21(13-19)15-24-28-16-22(33-24)20-9-10-27-23(14-20)29-11-12-30(25(29)31)26(3,4)5/h7-10,13-14,16H,6,11-12,15,17H2,1-5H3. The summed E-state index contributed by atoms with van der Waals surface area (Å²) in [5.74, 6) is 1.94. The van der Waals surface area contributed by atoms with E-state index in [2.05, 4.69) is 35.1 Å². The molecule has 7 heteroatoms. The number of pyridine rings is 1. The van der Waals surface area contributed by atoms with Gasteiger partial charge in [0, 0.05) is 43.4 Å². The second-order valence-electron chi connectivity index (χ2n) is 9.35. The van der Waals surface area contributed by atoms with Crippen LogP contribution in [0.1, 0.15) is 50.3 Å². The number of anilines is 1. The molecule has 1 aliphatic rings. The zero-order valence-corrected chi connectivity index (χ0v) is 20.1. The molecule has 0 aliphatic carbocycles. The van der Waals surface area contributed by atoms with E-state index in [1.807, 2.05) is 44.7 Å². The minimum Gasteiger partial charge on any atom is -0.440 e. The first-order chi connectivity index (χ1) is 15.8. The quantitative estimate of drug-likeness (QED) is 0.496. The van der Waals surface area contributed by atoms with Crippen LogP contribution in [0.4, 0.5) is 10.6 Å². The Morgan fingerprint density at radius 3 is 2.67 bits per heavy atom. The van der Waals surface area contributed by atoms with Crippen molar-refractivity contribution in [1.29, 1.82) is 0 Å². The lowest BCUT2D eigenvalue weighted by atomic mass is 10.0. The molecule has 1 saturated heterocycles. The van der Waals surface area contributed by atoms with Gasteiger partial charge >= 0.3 is 6.03 Å². The molecule has 0 radical (unpaired) electrons. The SMILES string of the molecule is CCOCc1ccc(C)c(Cc2ncc(-c3ccnc(N4CCN(C(C)(C)C)C4=O)c3)o2)c1. The first kappa shape index (κ1) is 23.0. The molecule has 0 bridgehead atoms. The van der Waals surface area contributed by atoms with Crippen molar-refractivity contribution >= 4 is 11.8 Å². The number of nitrogens with zero attached hydrogens (tertiary/aromatic N) is 4. The number of benzene rings is 1. The van der Waals surface area contributed by atoms with E-state index >= 15 is 0 Å². The fraction of sp³-hybridized carbons (Fsp3) is 0.423. The van der Waals surface area contributed by atoms with E-state index < -0.39 is 0 Å². The van der Waals surface area contributed by atoms with Crippen LogP contribution >= 0.6 is 0 Å². The van der Waals surface area contributed by atoms with Crippen LogP contribution in [0.3, 0.4) is 0 Å².